The highest BCUT2D eigenvalue weighted by Crippen LogP contribution is 2.19. The Bertz CT molecular complexity index is 685. The van der Waals surface area contributed by atoms with Gasteiger partial charge < -0.3 is 9.47 Å². The van der Waals surface area contributed by atoms with Gasteiger partial charge in [-0.1, -0.05) is 36.9 Å². The first-order valence-electron chi connectivity index (χ1n) is 10.7. The molecule has 1 aromatic heterocycles. The van der Waals surface area contributed by atoms with Gasteiger partial charge in [-0.3, -0.25) is 0 Å². The van der Waals surface area contributed by atoms with E-state index >= 15 is 0 Å². The second-order valence-corrected chi connectivity index (χ2v) is 16.0. The number of allylic oxidation sites excluding steroid dienone is 2. The first kappa shape index (κ1) is 26.0. The standard InChI is InChI=1S/C24H41NO2SSi/c1-19(2)10-9-11-20(3)12-13-24(27-18-26-14-15-29(6,7)8)21(4)16-23-17-28-22(5)25-23/h12,16-17,24H,1,9-11,13-15,18H2,2-8H3/b20-12-,21-16+/t24-/m0/s1. The summed E-state index contributed by atoms with van der Waals surface area (Å²) in [4.78, 5) is 4.56. The third-order valence-electron chi connectivity index (χ3n) is 4.72. The van der Waals surface area contributed by atoms with E-state index < -0.39 is 8.07 Å². The van der Waals surface area contributed by atoms with Crippen LogP contribution in [0.25, 0.3) is 6.08 Å². The van der Waals surface area contributed by atoms with Gasteiger partial charge in [-0.25, -0.2) is 4.98 Å². The number of aromatic nitrogens is 1. The van der Waals surface area contributed by atoms with Crippen LogP contribution in [0.2, 0.25) is 25.7 Å². The van der Waals surface area contributed by atoms with Gasteiger partial charge >= 0.3 is 0 Å². The zero-order valence-corrected chi connectivity index (χ0v) is 21.5. The minimum atomic E-state index is -1.07. The number of rotatable bonds is 14. The van der Waals surface area contributed by atoms with Crippen LogP contribution in [0, 0.1) is 6.92 Å². The molecule has 3 nitrogen and oxygen atoms in total. The third-order valence-corrected chi connectivity index (χ3v) is 7.22. The molecule has 164 valence electrons. The fourth-order valence-corrected chi connectivity index (χ4v) is 4.13. The average Bonchev–Trinajstić information content (AvgIpc) is 3.00. The molecule has 0 aliphatic carbocycles. The largest absolute Gasteiger partial charge is 0.356 e. The van der Waals surface area contributed by atoms with Crippen LogP contribution in [0.15, 0.2) is 34.8 Å². The normalized spacial score (nSPS) is 14.3. The van der Waals surface area contributed by atoms with E-state index in [1.165, 1.54) is 16.7 Å². The summed E-state index contributed by atoms with van der Waals surface area (Å²) in [5.74, 6) is 0. The molecule has 0 unspecified atom stereocenters. The fourth-order valence-electron chi connectivity index (χ4n) is 2.80. The molecule has 5 heteroatoms. The van der Waals surface area contributed by atoms with E-state index in [4.69, 9.17) is 9.47 Å². The quantitative estimate of drug-likeness (QED) is 0.130. The molecule has 0 saturated heterocycles. The van der Waals surface area contributed by atoms with Crippen LogP contribution in [0.3, 0.4) is 0 Å². The van der Waals surface area contributed by atoms with E-state index in [2.05, 4.69) is 69.5 Å². The van der Waals surface area contributed by atoms with Crippen LogP contribution in [-0.4, -0.2) is 32.6 Å². The van der Waals surface area contributed by atoms with Gasteiger partial charge in [0.25, 0.3) is 0 Å². The maximum absolute atomic E-state index is 6.13. The van der Waals surface area contributed by atoms with Crippen molar-refractivity contribution in [3.8, 4) is 0 Å². The van der Waals surface area contributed by atoms with Crippen molar-refractivity contribution in [1.82, 2.24) is 4.98 Å². The Morgan fingerprint density at radius 3 is 2.55 bits per heavy atom. The van der Waals surface area contributed by atoms with Crippen molar-refractivity contribution in [2.75, 3.05) is 13.4 Å². The molecule has 0 fully saturated rings. The summed E-state index contributed by atoms with van der Waals surface area (Å²) in [6.07, 6.45) is 8.70. The van der Waals surface area contributed by atoms with E-state index in [1.807, 2.05) is 6.92 Å². The van der Waals surface area contributed by atoms with Crippen LogP contribution in [0.1, 0.15) is 57.2 Å². The minimum Gasteiger partial charge on any atom is -0.356 e. The molecule has 1 atom stereocenters. The Kier molecular flexibility index (Phi) is 12.0. The van der Waals surface area contributed by atoms with Crippen molar-refractivity contribution in [2.45, 2.75) is 85.2 Å². The SMILES string of the molecule is C=C(C)CCC/C(C)=C\C[C@H](OCOCC[Si](C)(C)C)/C(C)=C/c1csc(C)n1. The van der Waals surface area contributed by atoms with Crippen molar-refractivity contribution < 1.29 is 9.47 Å². The molecule has 1 aromatic rings. The second-order valence-electron chi connectivity index (χ2n) is 9.27. The summed E-state index contributed by atoms with van der Waals surface area (Å²) in [5.41, 5.74) is 4.87. The topological polar surface area (TPSA) is 31.4 Å². The molecule has 0 saturated carbocycles. The highest BCUT2D eigenvalue weighted by Gasteiger charge is 2.14. The van der Waals surface area contributed by atoms with E-state index in [0.717, 1.165) is 49.0 Å². The lowest BCUT2D eigenvalue weighted by atomic mass is 10.0. The van der Waals surface area contributed by atoms with Gasteiger partial charge in [0.2, 0.25) is 0 Å². The summed E-state index contributed by atoms with van der Waals surface area (Å²) in [6, 6.07) is 1.16. The maximum Gasteiger partial charge on any atom is 0.147 e. The Morgan fingerprint density at radius 2 is 1.97 bits per heavy atom. The summed E-state index contributed by atoms with van der Waals surface area (Å²) in [6.45, 7) is 20.7. The molecule has 0 spiro atoms. The van der Waals surface area contributed by atoms with Crippen LogP contribution in [0.5, 0.6) is 0 Å². The number of hydrogen-bond donors (Lipinski definition) is 0. The Morgan fingerprint density at radius 1 is 1.24 bits per heavy atom. The first-order valence-corrected chi connectivity index (χ1v) is 15.2. The molecular formula is C24H41NO2SSi. The van der Waals surface area contributed by atoms with Crippen molar-refractivity contribution in [3.63, 3.8) is 0 Å². The summed E-state index contributed by atoms with van der Waals surface area (Å²) < 4.78 is 11.9. The lowest BCUT2D eigenvalue weighted by Crippen LogP contribution is -2.23. The molecule has 1 rings (SSSR count). The number of thiazole rings is 1. The van der Waals surface area contributed by atoms with Crippen LogP contribution >= 0.6 is 11.3 Å². The van der Waals surface area contributed by atoms with Gasteiger partial charge in [-0.2, -0.15) is 0 Å². The lowest BCUT2D eigenvalue weighted by molar-refractivity contribution is -0.0736. The fraction of sp³-hybridized carbons (Fsp3) is 0.625. The van der Waals surface area contributed by atoms with E-state index in [-0.39, 0.29) is 6.10 Å². The Balaban J connectivity index is 2.66. The average molecular weight is 436 g/mol. The third kappa shape index (κ3) is 13.0. The molecule has 0 aliphatic rings. The van der Waals surface area contributed by atoms with Gasteiger partial charge in [-0.15, -0.1) is 17.9 Å². The summed E-state index contributed by atoms with van der Waals surface area (Å²) in [7, 11) is -1.07. The van der Waals surface area contributed by atoms with Crippen LogP contribution in [-0.2, 0) is 9.47 Å². The Hall–Kier alpha value is -1.01. The van der Waals surface area contributed by atoms with Crippen LogP contribution < -0.4 is 0 Å². The number of nitrogens with zero attached hydrogens (tertiary/aromatic N) is 1. The predicted octanol–water partition coefficient (Wildman–Crippen LogP) is 7.64. The van der Waals surface area contributed by atoms with Gasteiger partial charge in [0, 0.05) is 20.1 Å². The molecule has 0 bridgehead atoms. The molecule has 1 heterocycles. The highest BCUT2D eigenvalue weighted by atomic mass is 32.1. The zero-order chi connectivity index (χ0) is 21.9. The van der Waals surface area contributed by atoms with Crippen molar-refractivity contribution in [1.29, 1.82) is 0 Å². The zero-order valence-electron chi connectivity index (χ0n) is 19.6. The maximum atomic E-state index is 6.13. The van der Waals surface area contributed by atoms with Gasteiger partial charge in [0.05, 0.1) is 16.8 Å². The van der Waals surface area contributed by atoms with E-state index in [9.17, 15) is 0 Å². The molecule has 29 heavy (non-hydrogen) atoms. The van der Waals surface area contributed by atoms with Gasteiger partial charge in [0.1, 0.15) is 6.79 Å². The van der Waals surface area contributed by atoms with Crippen molar-refractivity contribution in [3.05, 3.63) is 45.5 Å². The molecule has 0 amide bonds. The summed E-state index contributed by atoms with van der Waals surface area (Å²) in [5, 5.41) is 3.18. The van der Waals surface area contributed by atoms with Crippen molar-refractivity contribution in [2.24, 2.45) is 0 Å². The van der Waals surface area contributed by atoms with E-state index in [1.54, 1.807) is 11.3 Å². The monoisotopic (exact) mass is 435 g/mol. The number of ether oxygens (including phenoxy) is 2. The smallest absolute Gasteiger partial charge is 0.147 e. The van der Waals surface area contributed by atoms with Gasteiger partial charge in [-0.05, 0) is 71.1 Å². The van der Waals surface area contributed by atoms with Crippen molar-refractivity contribution >= 4 is 25.5 Å². The highest BCUT2D eigenvalue weighted by molar-refractivity contribution is 7.09. The number of aryl methyl sites for hydroxylation is 1. The molecule has 0 N–H and O–H groups in total. The molecule has 0 aliphatic heterocycles. The molecular weight excluding hydrogens is 394 g/mol. The Labute approximate surface area is 183 Å². The van der Waals surface area contributed by atoms with Crippen LogP contribution in [0.4, 0.5) is 0 Å². The lowest BCUT2D eigenvalue weighted by Gasteiger charge is -2.19. The second kappa shape index (κ2) is 13.3. The molecule has 0 radical (unpaired) electrons. The summed E-state index contributed by atoms with van der Waals surface area (Å²) >= 11 is 1.68. The minimum absolute atomic E-state index is 0.0139. The number of hydrogen-bond acceptors (Lipinski definition) is 4. The first-order chi connectivity index (χ1) is 13.6. The van der Waals surface area contributed by atoms with E-state index in [0.29, 0.717) is 6.79 Å². The van der Waals surface area contributed by atoms with Gasteiger partial charge in [0.15, 0.2) is 0 Å². The molecule has 0 aromatic carbocycles. The predicted molar refractivity (Wildman–Crippen MR) is 131 cm³/mol.